The van der Waals surface area contributed by atoms with Crippen LogP contribution in [0.1, 0.15) is 26.2 Å². The molecule has 0 amide bonds. The normalized spacial score (nSPS) is 25.2. The highest BCUT2D eigenvalue weighted by atomic mass is 15.0. The van der Waals surface area contributed by atoms with Crippen molar-refractivity contribution in [1.29, 1.82) is 0 Å². The van der Waals surface area contributed by atoms with Gasteiger partial charge in [-0.1, -0.05) is 5.92 Å². The minimum Gasteiger partial charge on any atom is -0.314 e. The fraction of sp³-hybridized carbons (Fsp3) is 0.800. The predicted octanol–water partition coefficient (Wildman–Crippen LogP) is 0.740. The number of rotatable bonds is 4. The summed E-state index contributed by atoms with van der Waals surface area (Å²) in [5.74, 6) is 2.59. The molecule has 2 N–H and O–H groups in total. The Labute approximate surface area is 75.1 Å². The molecule has 0 spiro atoms. The van der Waals surface area contributed by atoms with Crippen molar-refractivity contribution in [2.75, 3.05) is 13.1 Å². The molecule has 1 aliphatic rings. The molecule has 0 saturated carbocycles. The molecule has 1 fully saturated rings. The monoisotopic (exact) mass is 166 g/mol. The first kappa shape index (κ1) is 9.57. The van der Waals surface area contributed by atoms with Gasteiger partial charge in [-0.3, -0.25) is 0 Å². The van der Waals surface area contributed by atoms with E-state index in [0.717, 1.165) is 0 Å². The van der Waals surface area contributed by atoms with Gasteiger partial charge in [-0.05, 0) is 32.7 Å². The quantitative estimate of drug-likeness (QED) is 0.602. The van der Waals surface area contributed by atoms with Crippen LogP contribution in [0.4, 0.5) is 0 Å². The zero-order valence-electron chi connectivity index (χ0n) is 7.77. The van der Waals surface area contributed by atoms with Crippen molar-refractivity contribution in [2.45, 2.75) is 38.3 Å². The highest BCUT2D eigenvalue weighted by molar-refractivity contribution is 4.88. The molecule has 2 atom stereocenters. The van der Waals surface area contributed by atoms with Crippen LogP contribution < -0.4 is 10.6 Å². The summed E-state index contributed by atoms with van der Waals surface area (Å²) in [7, 11) is 0. The first-order chi connectivity index (χ1) is 5.83. The second-order valence-corrected chi connectivity index (χ2v) is 3.52. The second kappa shape index (κ2) is 5.18. The van der Waals surface area contributed by atoms with Gasteiger partial charge in [-0.2, -0.15) is 0 Å². The van der Waals surface area contributed by atoms with Crippen LogP contribution in [0.3, 0.4) is 0 Å². The van der Waals surface area contributed by atoms with Gasteiger partial charge in [0.05, 0.1) is 6.54 Å². The Morgan fingerprint density at radius 3 is 3.17 bits per heavy atom. The van der Waals surface area contributed by atoms with E-state index in [1.54, 1.807) is 0 Å². The Balaban J connectivity index is 2.08. The molecule has 0 bridgehead atoms. The molecule has 2 nitrogen and oxygen atoms in total. The number of hydrogen-bond acceptors (Lipinski definition) is 2. The van der Waals surface area contributed by atoms with E-state index < -0.39 is 0 Å². The predicted molar refractivity (Wildman–Crippen MR) is 51.9 cm³/mol. The summed E-state index contributed by atoms with van der Waals surface area (Å²) in [5, 5.41) is 6.76. The Morgan fingerprint density at radius 2 is 2.58 bits per heavy atom. The topological polar surface area (TPSA) is 24.1 Å². The minimum atomic E-state index is 0.539. The molecule has 2 unspecified atom stereocenters. The maximum atomic E-state index is 5.16. The summed E-state index contributed by atoms with van der Waals surface area (Å²) in [5.41, 5.74) is 0. The van der Waals surface area contributed by atoms with E-state index in [9.17, 15) is 0 Å². The molecule has 0 aromatic carbocycles. The molecule has 0 radical (unpaired) electrons. The highest BCUT2D eigenvalue weighted by Gasteiger charge is 2.15. The van der Waals surface area contributed by atoms with Crippen molar-refractivity contribution in [1.82, 2.24) is 10.6 Å². The Bertz CT molecular complexity index is 154. The fourth-order valence-electron chi connectivity index (χ4n) is 1.70. The van der Waals surface area contributed by atoms with Crippen molar-refractivity contribution in [3.05, 3.63) is 0 Å². The average molecular weight is 166 g/mol. The van der Waals surface area contributed by atoms with Crippen molar-refractivity contribution < 1.29 is 0 Å². The Morgan fingerprint density at radius 1 is 1.75 bits per heavy atom. The summed E-state index contributed by atoms with van der Waals surface area (Å²) in [6.45, 7) is 4.07. The molecule has 1 rings (SSSR count). The third kappa shape index (κ3) is 3.25. The standard InChI is InChI=1S/C10H18N2/c1-3-6-11-9(2)8-10-5-4-7-12-10/h1,9-12H,4-8H2,2H3. The zero-order chi connectivity index (χ0) is 8.81. The van der Waals surface area contributed by atoms with E-state index in [1.165, 1.54) is 25.8 Å². The Hall–Kier alpha value is -0.520. The molecule has 12 heavy (non-hydrogen) atoms. The fourth-order valence-corrected chi connectivity index (χ4v) is 1.70. The van der Waals surface area contributed by atoms with Crippen LogP contribution in [0.15, 0.2) is 0 Å². The van der Waals surface area contributed by atoms with Gasteiger partial charge in [0.2, 0.25) is 0 Å². The number of terminal acetylenes is 1. The van der Waals surface area contributed by atoms with Gasteiger partial charge in [0, 0.05) is 12.1 Å². The molecule has 1 heterocycles. The summed E-state index contributed by atoms with van der Waals surface area (Å²) >= 11 is 0. The van der Waals surface area contributed by atoms with Crippen molar-refractivity contribution >= 4 is 0 Å². The van der Waals surface area contributed by atoms with Gasteiger partial charge in [0.1, 0.15) is 0 Å². The Kier molecular flexibility index (Phi) is 4.13. The molecule has 2 heteroatoms. The maximum Gasteiger partial charge on any atom is 0.0575 e. The van der Waals surface area contributed by atoms with Gasteiger partial charge >= 0.3 is 0 Å². The third-order valence-corrected chi connectivity index (χ3v) is 2.35. The van der Waals surface area contributed by atoms with Gasteiger partial charge in [-0.15, -0.1) is 6.42 Å². The molecule has 1 saturated heterocycles. The van der Waals surface area contributed by atoms with Crippen LogP contribution in [0.25, 0.3) is 0 Å². The molecule has 0 aromatic rings. The van der Waals surface area contributed by atoms with Crippen molar-refractivity contribution in [2.24, 2.45) is 0 Å². The van der Waals surface area contributed by atoms with Crippen LogP contribution in [0.5, 0.6) is 0 Å². The van der Waals surface area contributed by atoms with E-state index in [1.807, 2.05) is 0 Å². The SMILES string of the molecule is C#CCNC(C)CC1CCCN1. The lowest BCUT2D eigenvalue weighted by Crippen LogP contribution is -2.33. The van der Waals surface area contributed by atoms with Crippen LogP contribution >= 0.6 is 0 Å². The van der Waals surface area contributed by atoms with Crippen LogP contribution in [-0.2, 0) is 0 Å². The van der Waals surface area contributed by atoms with Gasteiger partial charge in [0.25, 0.3) is 0 Å². The lowest BCUT2D eigenvalue weighted by Gasteiger charge is -2.16. The number of hydrogen-bond donors (Lipinski definition) is 2. The summed E-state index contributed by atoms with van der Waals surface area (Å²) in [6.07, 6.45) is 9.00. The lowest BCUT2D eigenvalue weighted by molar-refractivity contribution is 0.456. The lowest BCUT2D eigenvalue weighted by atomic mass is 10.1. The smallest absolute Gasteiger partial charge is 0.0575 e. The first-order valence-electron chi connectivity index (χ1n) is 4.73. The van der Waals surface area contributed by atoms with Crippen LogP contribution in [0.2, 0.25) is 0 Å². The molecular weight excluding hydrogens is 148 g/mol. The summed E-state index contributed by atoms with van der Waals surface area (Å²) < 4.78 is 0. The number of nitrogens with one attached hydrogen (secondary N) is 2. The third-order valence-electron chi connectivity index (χ3n) is 2.35. The maximum absolute atomic E-state index is 5.16. The van der Waals surface area contributed by atoms with Gasteiger partial charge in [-0.25, -0.2) is 0 Å². The van der Waals surface area contributed by atoms with Crippen LogP contribution in [0, 0.1) is 12.3 Å². The van der Waals surface area contributed by atoms with Gasteiger partial charge < -0.3 is 10.6 Å². The minimum absolute atomic E-state index is 0.539. The zero-order valence-corrected chi connectivity index (χ0v) is 7.77. The highest BCUT2D eigenvalue weighted by Crippen LogP contribution is 2.10. The largest absolute Gasteiger partial charge is 0.314 e. The first-order valence-corrected chi connectivity index (χ1v) is 4.73. The molecule has 1 aliphatic heterocycles. The van der Waals surface area contributed by atoms with Crippen molar-refractivity contribution in [3.8, 4) is 12.3 Å². The van der Waals surface area contributed by atoms with E-state index in [-0.39, 0.29) is 0 Å². The van der Waals surface area contributed by atoms with E-state index in [0.29, 0.717) is 18.6 Å². The molecule has 0 aliphatic carbocycles. The summed E-state index contributed by atoms with van der Waals surface area (Å²) in [4.78, 5) is 0. The van der Waals surface area contributed by atoms with Crippen LogP contribution in [-0.4, -0.2) is 25.2 Å². The molecular formula is C10H18N2. The van der Waals surface area contributed by atoms with E-state index in [2.05, 4.69) is 23.5 Å². The van der Waals surface area contributed by atoms with E-state index in [4.69, 9.17) is 6.42 Å². The second-order valence-electron chi connectivity index (χ2n) is 3.52. The van der Waals surface area contributed by atoms with Crippen molar-refractivity contribution in [3.63, 3.8) is 0 Å². The summed E-state index contributed by atoms with van der Waals surface area (Å²) in [6, 6.07) is 1.25. The molecule has 68 valence electrons. The average Bonchev–Trinajstić information content (AvgIpc) is 2.53. The van der Waals surface area contributed by atoms with E-state index >= 15 is 0 Å². The van der Waals surface area contributed by atoms with Gasteiger partial charge in [0.15, 0.2) is 0 Å². The molecule has 0 aromatic heterocycles.